The van der Waals surface area contributed by atoms with Gasteiger partial charge in [-0.1, -0.05) is 80.4 Å². The van der Waals surface area contributed by atoms with E-state index in [9.17, 15) is 14.4 Å². The van der Waals surface area contributed by atoms with Gasteiger partial charge in [-0.05, 0) is 84.3 Å². The molecule has 0 aliphatic carbocycles. The van der Waals surface area contributed by atoms with Crippen LogP contribution in [0, 0.1) is 0 Å². The van der Waals surface area contributed by atoms with E-state index in [-0.39, 0.29) is 11.5 Å². The average Bonchev–Trinajstić information content (AvgIpc) is 2.84. The maximum Gasteiger partial charge on any atom is 0.135 e. The first-order chi connectivity index (χ1) is 16.4. The van der Waals surface area contributed by atoms with Gasteiger partial charge in [-0.25, -0.2) is 4.21 Å². The summed E-state index contributed by atoms with van der Waals surface area (Å²) in [6, 6.07) is 26.8. The zero-order valence-corrected chi connectivity index (χ0v) is 22.4. The Kier molecular flexibility index (Phi) is 8.24. The normalized spacial score (nSPS) is 11.1. The molecule has 0 aliphatic heterocycles. The van der Waals surface area contributed by atoms with Gasteiger partial charge in [0.25, 0.3) is 0 Å². The van der Waals surface area contributed by atoms with Gasteiger partial charge in [0, 0.05) is 8.95 Å². The largest absolute Gasteiger partial charge is 0.506 e. The van der Waals surface area contributed by atoms with E-state index < -0.39 is 10.8 Å². The van der Waals surface area contributed by atoms with Crippen LogP contribution in [0.1, 0.15) is 22.3 Å². The van der Waals surface area contributed by atoms with Crippen molar-refractivity contribution in [1.29, 1.82) is 0 Å². The zero-order chi connectivity index (χ0) is 24.1. The fourth-order valence-corrected chi connectivity index (χ4v) is 5.60. The Bertz CT molecular complexity index is 1200. The van der Waals surface area contributed by atoms with Crippen LogP contribution < -0.4 is 0 Å². The van der Waals surface area contributed by atoms with E-state index in [0.29, 0.717) is 22.6 Å². The standard InChI is InChI=1S/C28H24Br2O3S/c29-23-15-9-19(10-16-23)7-13-21-3-1-5-25(27(21)31)34(33)26-6-2-4-22(28(26)32)14-8-20-11-17-24(30)18-12-20/h1-6,9-12,15-18,31-32H,7-8,13-14H2. The van der Waals surface area contributed by atoms with Gasteiger partial charge >= 0.3 is 0 Å². The van der Waals surface area contributed by atoms with Gasteiger partial charge in [-0.3, -0.25) is 0 Å². The minimum Gasteiger partial charge on any atom is -0.506 e. The summed E-state index contributed by atoms with van der Waals surface area (Å²) in [5, 5.41) is 21.8. The lowest BCUT2D eigenvalue weighted by Crippen LogP contribution is -2.00. The maximum atomic E-state index is 13.4. The van der Waals surface area contributed by atoms with Crippen molar-refractivity contribution in [2.45, 2.75) is 35.5 Å². The molecule has 0 bridgehead atoms. The van der Waals surface area contributed by atoms with Gasteiger partial charge in [0.1, 0.15) is 11.5 Å². The molecule has 0 saturated heterocycles. The second kappa shape index (κ2) is 11.3. The van der Waals surface area contributed by atoms with Crippen LogP contribution in [0.4, 0.5) is 0 Å². The number of para-hydroxylation sites is 2. The molecule has 4 aromatic carbocycles. The highest BCUT2D eigenvalue weighted by atomic mass is 79.9. The van der Waals surface area contributed by atoms with Gasteiger partial charge in [0.05, 0.1) is 20.6 Å². The molecule has 0 fully saturated rings. The highest BCUT2D eigenvalue weighted by Crippen LogP contribution is 2.35. The quantitative estimate of drug-likeness (QED) is 0.222. The molecule has 0 atom stereocenters. The van der Waals surface area contributed by atoms with Crippen molar-refractivity contribution in [1.82, 2.24) is 0 Å². The zero-order valence-electron chi connectivity index (χ0n) is 18.4. The van der Waals surface area contributed by atoms with Gasteiger partial charge in [-0.15, -0.1) is 0 Å². The first-order valence-corrected chi connectivity index (χ1v) is 13.7. The first kappa shape index (κ1) is 24.7. The van der Waals surface area contributed by atoms with Crippen molar-refractivity contribution in [2.24, 2.45) is 0 Å². The fourth-order valence-electron chi connectivity index (χ4n) is 3.82. The number of hydrogen-bond acceptors (Lipinski definition) is 3. The lowest BCUT2D eigenvalue weighted by atomic mass is 10.0. The monoisotopic (exact) mass is 598 g/mol. The van der Waals surface area contributed by atoms with Crippen molar-refractivity contribution in [3.05, 3.63) is 116 Å². The maximum absolute atomic E-state index is 13.4. The van der Waals surface area contributed by atoms with Crippen molar-refractivity contribution in [3.8, 4) is 11.5 Å². The molecule has 3 nitrogen and oxygen atoms in total. The third-order valence-corrected chi connectivity index (χ3v) is 8.27. The van der Waals surface area contributed by atoms with Crippen LogP contribution >= 0.6 is 31.9 Å². The van der Waals surface area contributed by atoms with Crippen LogP contribution in [0.15, 0.2) is 104 Å². The third kappa shape index (κ3) is 5.98. The summed E-state index contributed by atoms with van der Waals surface area (Å²) in [5.74, 6) is 0.0511. The van der Waals surface area contributed by atoms with Crippen LogP contribution in [0.2, 0.25) is 0 Å². The fraction of sp³-hybridized carbons (Fsp3) is 0.143. The van der Waals surface area contributed by atoms with Crippen LogP contribution in [0.5, 0.6) is 11.5 Å². The SMILES string of the molecule is O=S(c1cccc(CCc2ccc(Br)cc2)c1O)c1cccc(CCc2ccc(Br)cc2)c1O. The smallest absolute Gasteiger partial charge is 0.135 e. The molecule has 0 aromatic heterocycles. The number of aromatic hydroxyl groups is 2. The minimum absolute atomic E-state index is 0.0256. The molecule has 6 heteroatoms. The minimum atomic E-state index is -1.71. The van der Waals surface area contributed by atoms with E-state index in [1.807, 2.05) is 60.7 Å². The second-order valence-electron chi connectivity index (χ2n) is 8.05. The molecule has 0 amide bonds. The summed E-state index contributed by atoms with van der Waals surface area (Å²) in [6.45, 7) is 0. The first-order valence-electron chi connectivity index (χ1n) is 10.9. The Labute approximate surface area is 219 Å². The molecule has 4 rings (SSSR count). The Morgan fingerprint density at radius 3 is 1.32 bits per heavy atom. The predicted molar refractivity (Wildman–Crippen MR) is 144 cm³/mol. The van der Waals surface area contributed by atoms with Gasteiger partial charge in [-0.2, -0.15) is 0 Å². The average molecular weight is 600 g/mol. The molecule has 0 heterocycles. The molecule has 4 aromatic rings. The molecule has 0 unspecified atom stereocenters. The number of phenols is 2. The topological polar surface area (TPSA) is 57.5 Å². The molecular formula is C28H24Br2O3S. The molecule has 0 saturated carbocycles. The number of hydrogen-bond donors (Lipinski definition) is 2. The van der Waals surface area contributed by atoms with Crippen molar-refractivity contribution in [2.75, 3.05) is 0 Å². The van der Waals surface area contributed by atoms with Gasteiger partial charge in [0.2, 0.25) is 0 Å². The van der Waals surface area contributed by atoms with E-state index >= 15 is 0 Å². The predicted octanol–water partition coefficient (Wildman–Crippen LogP) is 7.36. The summed E-state index contributed by atoms with van der Waals surface area (Å²) in [7, 11) is -1.71. The molecule has 0 aliphatic rings. The Hall–Kier alpha value is -2.41. The summed E-state index contributed by atoms with van der Waals surface area (Å²) in [5.41, 5.74) is 3.79. The van der Waals surface area contributed by atoms with Crippen LogP contribution in [-0.4, -0.2) is 14.4 Å². The Balaban J connectivity index is 1.52. The lowest BCUT2D eigenvalue weighted by molar-refractivity contribution is 0.450. The Morgan fingerprint density at radius 1 is 0.559 bits per heavy atom. The second-order valence-corrected chi connectivity index (χ2v) is 11.3. The highest BCUT2D eigenvalue weighted by molar-refractivity contribution is 9.10. The molecule has 2 N–H and O–H groups in total. The summed E-state index contributed by atoms with van der Waals surface area (Å²) in [4.78, 5) is 0.627. The van der Waals surface area contributed by atoms with E-state index in [1.165, 1.54) is 0 Å². The van der Waals surface area contributed by atoms with Gasteiger partial charge < -0.3 is 10.2 Å². The van der Waals surface area contributed by atoms with Crippen LogP contribution in [0.3, 0.4) is 0 Å². The van der Waals surface area contributed by atoms with Gasteiger partial charge in [0.15, 0.2) is 0 Å². The van der Waals surface area contributed by atoms with E-state index in [0.717, 1.165) is 44.0 Å². The lowest BCUT2D eigenvalue weighted by Gasteiger charge is -2.13. The van der Waals surface area contributed by atoms with Crippen LogP contribution in [0.25, 0.3) is 0 Å². The van der Waals surface area contributed by atoms with Crippen LogP contribution in [-0.2, 0) is 36.5 Å². The number of aryl methyl sites for hydroxylation is 4. The number of benzene rings is 4. The third-order valence-electron chi connectivity index (χ3n) is 5.76. The molecular weight excluding hydrogens is 576 g/mol. The number of phenolic OH excluding ortho intramolecular Hbond substituents is 2. The summed E-state index contributed by atoms with van der Waals surface area (Å²) >= 11 is 6.88. The molecule has 34 heavy (non-hydrogen) atoms. The summed E-state index contributed by atoms with van der Waals surface area (Å²) < 4.78 is 15.4. The number of rotatable bonds is 8. The van der Waals surface area contributed by atoms with E-state index in [1.54, 1.807) is 24.3 Å². The molecule has 0 radical (unpaired) electrons. The molecule has 0 spiro atoms. The van der Waals surface area contributed by atoms with Crippen molar-refractivity contribution >= 4 is 42.7 Å². The Morgan fingerprint density at radius 2 is 0.941 bits per heavy atom. The molecule has 174 valence electrons. The summed E-state index contributed by atoms with van der Waals surface area (Å²) in [6.07, 6.45) is 2.76. The number of halogens is 2. The van der Waals surface area contributed by atoms with E-state index in [4.69, 9.17) is 0 Å². The highest BCUT2D eigenvalue weighted by Gasteiger charge is 2.19. The van der Waals surface area contributed by atoms with Crippen molar-refractivity contribution in [3.63, 3.8) is 0 Å². The van der Waals surface area contributed by atoms with Crippen molar-refractivity contribution < 1.29 is 14.4 Å². The van der Waals surface area contributed by atoms with E-state index in [2.05, 4.69) is 31.9 Å².